The number of rotatable bonds is 8. The van der Waals surface area contributed by atoms with Crippen LogP contribution in [0.4, 0.5) is 11.5 Å². The molecule has 6 nitrogen and oxygen atoms in total. The van der Waals surface area contributed by atoms with Gasteiger partial charge in [-0.1, -0.05) is 12.1 Å². The average molecular weight is 391 g/mol. The van der Waals surface area contributed by atoms with E-state index in [2.05, 4.69) is 33.8 Å². The molecule has 0 aliphatic heterocycles. The van der Waals surface area contributed by atoms with Crippen LogP contribution >= 0.6 is 0 Å². The Morgan fingerprint density at radius 3 is 2.52 bits per heavy atom. The van der Waals surface area contributed by atoms with E-state index in [1.165, 1.54) is 0 Å². The van der Waals surface area contributed by atoms with Crippen LogP contribution in [0.1, 0.15) is 21.5 Å². The van der Waals surface area contributed by atoms with E-state index in [9.17, 15) is 4.79 Å². The van der Waals surface area contributed by atoms with Crippen molar-refractivity contribution in [2.75, 3.05) is 25.6 Å². The Kier molecular flexibility index (Phi) is 6.68. The molecule has 6 heteroatoms. The van der Waals surface area contributed by atoms with Crippen LogP contribution in [0.3, 0.4) is 0 Å². The van der Waals surface area contributed by atoms with Crippen LogP contribution in [0.25, 0.3) is 0 Å². The van der Waals surface area contributed by atoms with Crippen molar-refractivity contribution >= 4 is 17.4 Å². The smallest absolute Gasteiger partial charge is 0.251 e. The third-order valence-corrected chi connectivity index (χ3v) is 4.39. The Hall–Kier alpha value is -3.54. The van der Waals surface area contributed by atoms with Crippen LogP contribution in [-0.4, -0.2) is 31.2 Å². The number of pyridine rings is 1. The normalized spacial score (nSPS) is 10.3. The van der Waals surface area contributed by atoms with Crippen LogP contribution in [-0.2, 0) is 0 Å². The van der Waals surface area contributed by atoms with E-state index in [0.29, 0.717) is 24.5 Å². The maximum absolute atomic E-state index is 12.4. The molecule has 0 fully saturated rings. The Morgan fingerprint density at radius 2 is 1.76 bits per heavy atom. The Labute approximate surface area is 170 Å². The fourth-order valence-corrected chi connectivity index (χ4v) is 2.76. The maximum atomic E-state index is 12.4. The summed E-state index contributed by atoms with van der Waals surface area (Å²) in [6.45, 7) is 4.83. The first-order valence-corrected chi connectivity index (χ1v) is 9.40. The first-order valence-electron chi connectivity index (χ1n) is 9.40. The molecule has 3 aromatic rings. The summed E-state index contributed by atoms with van der Waals surface area (Å²) in [6.07, 6.45) is 1.62. The number of carbonyl (C=O) groups excluding carboxylic acids is 1. The largest absolute Gasteiger partial charge is 0.497 e. The highest BCUT2D eigenvalue weighted by Crippen LogP contribution is 2.21. The summed E-state index contributed by atoms with van der Waals surface area (Å²) < 4.78 is 10.7. The number of nitrogens with zero attached hydrogens (tertiary/aromatic N) is 1. The van der Waals surface area contributed by atoms with Crippen LogP contribution in [0.15, 0.2) is 60.8 Å². The summed E-state index contributed by atoms with van der Waals surface area (Å²) in [5.41, 5.74) is 3.78. The van der Waals surface area contributed by atoms with E-state index in [1.807, 2.05) is 38.1 Å². The van der Waals surface area contributed by atoms with Crippen molar-refractivity contribution in [3.63, 3.8) is 0 Å². The SMILES string of the molecule is COc1ccc(OCCNC(=O)c2ccnc(Nc3cc(C)ccc3C)c2)cc1. The van der Waals surface area contributed by atoms with Gasteiger partial charge in [0.05, 0.1) is 13.7 Å². The summed E-state index contributed by atoms with van der Waals surface area (Å²) in [4.78, 5) is 16.7. The minimum Gasteiger partial charge on any atom is -0.497 e. The quantitative estimate of drug-likeness (QED) is 0.562. The van der Waals surface area contributed by atoms with E-state index in [1.54, 1.807) is 25.4 Å². The van der Waals surface area contributed by atoms with Crippen LogP contribution in [0.2, 0.25) is 0 Å². The lowest BCUT2D eigenvalue weighted by molar-refractivity contribution is 0.0947. The fraction of sp³-hybridized carbons (Fsp3) is 0.217. The molecule has 0 atom stereocenters. The van der Waals surface area contributed by atoms with Crippen molar-refractivity contribution in [1.29, 1.82) is 0 Å². The lowest BCUT2D eigenvalue weighted by Crippen LogP contribution is -2.28. The zero-order valence-electron chi connectivity index (χ0n) is 16.9. The lowest BCUT2D eigenvalue weighted by Gasteiger charge is -2.11. The molecule has 0 bridgehead atoms. The molecule has 150 valence electrons. The van der Waals surface area contributed by atoms with Gasteiger partial charge in [-0.15, -0.1) is 0 Å². The zero-order valence-corrected chi connectivity index (χ0v) is 16.9. The molecule has 0 aliphatic rings. The molecule has 1 amide bonds. The summed E-state index contributed by atoms with van der Waals surface area (Å²) in [5.74, 6) is 1.95. The molecule has 1 heterocycles. The molecule has 0 saturated carbocycles. The van der Waals surface area contributed by atoms with Gasteiger partial charge in [-0.3, -0.25) is 4.79 Å². The van der Waals surface area contributed by atoms with Crippen LogP contribution in [0.5, 0.6) is 11.5 Å². The molecule has 1 aromatic heterocycles. The van der Waals surface area contributed by atoms with Crippen LogP contribution < -0.4 is 20.1 Å². The van der Waals surface area contributed by atoms with E-state index in [-0.39, 0.29) is 5.91 Å². The van der Waals surface area contributed by atoms with Crippen molar-refractivity contribution in [3.8, 4) is 11.5 Å². The molecular weight excluding hydrogens is 366 g/mol. The number of nitrogens with one attached hydrogen (secondary N) is 2. The monoisotopic (exact) mass is 391 g/mol. The molecule has 29 heavy (non-hydrogen) atoms. The lowest BCUT2D eigenvalue weighted by atomic mass is 10.1. The Bertz CT molecular complexity index is 971. The number of hydrogen-bond donors (Lipinski definition) is 2. The second-order valence-corrected chi connectivity index (χ2v) is 6.65. The highest BCUT2D eigenvalue weighted by molar-refractivity contribution is 5.94. The van der Waals surface area contributed by atoms with E-state index < -0.39 is 0 Å². The molecule has 2 N–H and O–H groups in total. The summed E-state index contributed by atoms with van der Waals surface area (Å²) in [7, 11) is 1.62. The number of amides is 1. The highest BCUT2D eigenvalue weighted by atomic mass is 16.5. The van der Waals surface area contributed by atoms with Crippen molar-refractivity contribution in [2.24, 2.45) is 0 Å². The third kappa shape index (κ3) is 5.72. The van der Waals surface area contributed by atoms with Crippen molar-refractivity contribution in [1.82, 2.24) is 10.3 Å². The Morgan fingerprint density at radius 1 is 1.00 bits per heavy atom. The van der Waals surface area contributed by atoms with Gasteiger partial charge in [0, 0.05) is 17.4 Å². The third-order valence-electron chi connectivity index (χ3n) is 4.39. The summed E-state index contributed by atoms with van der Waals surface area (Å²) in [5, 5.41) is 6.14. The minimum absolute atomic E-state index is 0.172. The van der Waals surface area contributed by atoms with E-state index in [4.69, 9.17) is 9.47 Å². The van der Waals surface area contributed by atoms with Gasteiger partial charge >= 0.3 is 0 Å². The first kappa shape index (κ1) is 20.2. The van der Waals surface area contributed by atoms with Gasteiger partial charge in [0.2, 0.25) is 0 Å². The second-order valence-electron chi connectivity index (χ2n) is 6.65. The molecule has 2 aromatic carbocycles. The van der Waals surface area contributed by atoms with Gasteiger partial charge < -0.3 is 20.1 Å². The van der Waals surface area contributed by atoms with Gasteiger partial charge in [0.1, 0.15) is 23.9 Å². The molecule has 0 unspecified atom stereocenters. The molecule has 0 aliphatic carbocycles. The van der Waals surface area contributed by atoms with Crippen molar-refractivity contribution < 1.29 is 14.3 Å². The van der Waals surface area contributed by atoms with Gasteiger partial charge in [-0.05, 0) is 67.4 Å². The number of carbonyl (C=O) groups is 1. The van der Waals surface area contributed by atoms with Crippen molar-refractivity contribution in [3.05, 3.63) is 77.5 Å². The minimum atomic E-state index is -0.172. The number of aromatic nitrogens is 1. The van der Waals surface area contributed by atoms with Gasteiger partial charge in [0.25, 0.3) is 5.91 Å². The van der Waals surface area contributed by atoms with Crippen LogP contribution in [0, 0.1) is 13.8 Å². The number of benzene rings is 2. The number of anilines is 2. The van der Waals surface area contributed by atoms with E-state index in [0.717, 1.165) is 28.3 Å². The number of methoxy groups -OCH3 is 1. The fourth-order valence-electron chi connectivity index (χ4n) is 2.76. The number of hydrogen-bond acceptors (Lipinski definition) is 5. The molecule has 0 radical (unpaired) electrons. The highest BCUT2D eigenvalue weighted by Gasteiger charge is 2.08. The van der Waals surface area contributed by atoms with Crippen molar-refractivity contribution in [2.45, 2.75) is 13.8 Å². The molecule has 0 spiro atoms. The predicted molar refractivity (Wildman–Crippen MR) is 114 cm³/mol. The molecular formula is C23H25N3O3. The van der Waals surface area contributed by atoms with Gasteiger partial charge in [0.15, 0.2) is 0 Å². The topological polar surface area (TPSA) is 72.5 Å². The van der Waals surface area contributed by atoms with E-state index >= 15 is 0 Å². The predicted octanol–water partition coefficient (Wildman–Crippen LogP) is 4.26. The summed E-state index contributed by atoms with van der Waals surface area (Å²) >= 11 is 0. The number of aryl methyl sites for hydroxylation is 2. The molecule has 3 rings (SSSR count). The van der Waals surface area contributed by atoms with Gasteiger partial charge in [-0.2, -0.15) is 0 Å². The average Bonchev–Trinajstić information content (AvgIpc) is 2.74. The maximum Gasteiger partial charge on any atom is 0.251 e. The zero-order chi connectivity index (χ0) is 20.6. The number of ether oxygens (including phenoxy) is 2. The summed E-state index contributed by atoms with van der Waals surface area (Å²) in [6, 6.07) is 16.9. The molecule has 0 saturated heterocycles. The first-order chi connectivity index (χ1) is 14.0. The van der Waals surface area contributed by atoms with Gasteiger partial charge in [-0.25, -0.2) is 4.98 Å². The standard InChI is InChI=1S/C23H25N3O3/c1-16-4-5-17(2)21(14-16)26-22-15-18(10-11-24-22)23(27)25-12-13-29-20-8-6-19(28-3)7-9-20/h4-11,14-15H,12-13H2,1-3H3,(H,24,26)(H,25,27). The Balaban J connectivity index is 1.53. The second kappa shape index (κ2) is 9.59.